The molecule has 0 saturated heterocycles. The van der Waals surface area contributed by atoms with Gasteiger partial charge in [-0.15, -0.1) is 0 Å². The van der Waals surface area contributed by atoms with E-state index in [9.17, 15) is 9.90 Å². The summed E-state index contributed by atoms with van der Waals surface area (Å²) >= 11 is 0. The van der Waals surface area contributed by atoms with Gasteiger partial charge in [-0.05, 0) is 19.8 Å². The molecule has 0 heterocycles. The normalized spacial score (nSPS) is 34.0. The highest BCUT2D eigenvalue weighted by Gasteiger charge is 2.62. The summed E-state index contributed by atoms with van der Waals surface area (Å²) in [6.07, 6.45) is 5.30. The Bertz CT molecular complexity index is 391. The summed E-state index contributed by atoms with van der Waals surface area (Å²) in [5.74, 6) is -0.164. The van der Waals surface area contributed by atoms with Gasteiger partial charge in [0.1, 0.15) is 5.54 Å². The average molecular weight is 298 g/mol. The average Bonchev–Trinajstić information content (AvgIpc) is 2.45. The van der Waals surface area contributed by atoms with E-state index in [1.807, 2.05) is 20.8 Å². The molecule has 122 valence electrons. The van der Waals surface area contributed by atoms with Crippen molar-refractivity contribution in [2.24, 2.45) is 11.1 Å². The van der Waals surface area contributed by atoms with Gasteiger partial charge >= 0.3 is 0 Å². The largest absolute Gasteiger partial charge is 0.388 e. The molecule has 2 rings (SSSR count). The summed E-state index contributed by atoms with van der Waals surface area (Å²) < 4.78 is 5.64. The van der Waals surface area contributed by atoms with Crippen molar-refractivity contribution < 1.29 is 14.6 Å². The van der Waals surface area contributed by atoms with E-state index in [0.717, 1.165) is 25.7 Å². The van der Waals surface area contributed by atoms with Gasteiger partial charge in [0.25, 0.3) is 0 Å². The molecule has 0 aromatic rings. The van der Waals surface area contributed by atoms with Crippen LogP contribution in [0.3, 0.4) is 0 Å². The number of nitrogens with one attached hydrogen (secondary N) is 1. The van der Waals surface area contributed by atoms with Crippen LogP contribution in [0, 0.1) is 5.41 Å². The molecular weight excluding hydrogens is 268 g/mol. The van der Waals surface area contributed by atoms with Crippen molar-refractivity contribution in [1.82, 2.24) is 5.32 Å². The van der Waals surface area contributed by atoms with Gasteiger partial charge in [0.2, 0.25) is 5.91 Å². The van der Waals surface area contributed by atoms with Crippen LogP contribution >= 0.6 is 0 Å². The van der Waals surface area contributed by atoms with Crippen molar-refractivity contribution in [3.8, 4) is 0 Å². The third-order valence-electron chi connectivity index (χ3n) is 5.60. The lowest BCUT2D eigenvalue weighted by atomic mass is 9.54. The fraction of sp³-hybridized carbons (Fsp3) is 0.938. The lowest BCUT2D eigenvalue weighted by Crippen LogP contribution is -2.76. The van der Waals surface area contributed by atoms with Gasteiger partial charge in [-0.1, -0.05) is 33.1 Å². The number of hydrogen-bond donors (Lipinski definition) is 3. The zero-order valence-corrected chi connectivity index (χ0v) is 13.6. The van der Waals surface area contributed by atoms with Crippen LogP contribution in [-0.4, -0.2) is 41.4 Å². The first-order chi connectivity index (χ1) is 9.75. The molecule has 2 aliphatic carbocycles. The molecule has 0 radical (unpaired) electrons. The van der Waals surface area contributed by atoms with Crippen LogP contribution in [0.25, 0.3) is 0 Å². The molecule has 1 amide bonds. The van der Waals surface area contributed by atoms with Gasteiger partial charge < -0.3 is 20.9 Å². The van der Waals surface area contributed by atoms with E-state index in [0.29, 0.717) is 19.6 Å². The van der Waals surface area contributed by atoms with Crippen molar-refractivity contribution >= 4 is 5.91 Å². The lowest BCUT2D eigenvalue weighted by molar-refractivity contribution is -0.171. The summed E-state index contributed by atoms with van der Waals surface area (Å²) in [6.45, 7) is 6.84. The maximum atomic E-state index is 12.5. The van der Waals surface area contributed by atoms with E-state index in [4.69, 9.17) is 10.5 Å². The molecule has 0 spiro atoms. The van der Waals surface area contributed by atoms with Crippen LogP contribution in [0.5, 0.6) is 0 Å². The van der Waals surface area contributed by atoms with Gasteiger partial charge in [0.15, 0.2) is 0 Å². The summed E-state index contributed by atoms with van der Waals surface area (Å²) in [4.78, 5) is 12.5. The summed E-state index contributed by atoms with van der Waals surface area (Å²) in [5.41, 5.74) is 4.29. The number of carbonyl (C=O) groups excluding carboxylic acids is 1. The maximum absolute atomic E-state index is 12.5. The molecule has 2 aliphatic rings. The Morgan fingerprint density at radius 3 is 2.48 bits per heavy atom. The minimum absolute atomic E-state index is 0.0241. The summed E-state index contributed by atoms with van der Waals surface area (Å²) in [6, 6.07) is 0. The number of hydrogen-bond acceptors (Lipinski definition) is 4. The van der Waals surface area contributed by atoms with Crippen molar-refractivity contribution in [1.29, 1.82) is 0 Å². The summed E-state index contributed by atoms with van der Waals surface area (Å²) in [5, 5.41) is 13.3. The Morgan fingerprint density at radius 2 is 1.95 bits per heavy atom. The highest BCUT2D eigenvalue weighted by Crippen LogP contribution is 2.49. The number of carbonyl (C=O) groups is 1. The molecule has 21 heavy (non-hydrogen) atoms. The number of aliphatic hydroxyl groups is 1. The molecule has 0 bridgehead atoms. The molecule has 0 aliphatic heterocycles. The highest BCUT2D eigenvalue weighted by atomic mass is 16.5. The van der Waals surface area contributed by atoms with Crippen LogP contribution in [0.4, 0.5) is 0 Å². The Balaban J connectivity index is 1.91. The first-order valence-electron chi connectivity index (χ1n) is 8.16. The van der Waals surface area contributed by atoms with Crippen molar-refractivity contribution in [3.05, 3.63) is 0 Å². The van der Waals surface area contributed by atoms with Gasteiger partial charge in [0.05, 0.1) is 11.7 Å². The lowest BCUT2D eigenvalue weighted by Gasteiger charge is -2.57. The number of ether oxygens (including phenoxy) is 1. The van der Waals surface area contributed by atoms with E-state index < -0.39 is 11.1 Å². The number of rotatable bonds is 5. The van der Waals surface area contributed by atoms with Crippen molar-refractivity contribution in [2.75, 3.05) is 13.2 Å². The van der Waals surface area contributed by atoms with Gasteiger partial charge in [-0.25, -0.2) is 0 Å². The van der Waals surface area contributed by atoms with E-state index >= 15 is 0 Å². The molecule has 5 nitrogen and oxygen atoms in total. The minimum atomic E-state index is -0.905. The van der Waals surface area contributed by atoms with E-state index in [1.165, 1.54) is 6.42 Å². The highest BCUT2D eigenvalue weighted by molar-refractivity contribution is 5.88. The predicted octanol–water partition coefficient (Wildman–Crippen LogP) is 1.33. The van der Waals surface area contributed by atoms with Gasteiger partial charge in [-0.3, -0.25) is 4.79 Å². The SMILES string of the molecule is CCOC1CC(N)(C(=O)NCC2(O)CCCCC2)C1(C)C. The van der Waals surface area contributed by atoms with Crippen LogP contribution in [0.1, 0.15) is 59.3 Å². The van der Waals surface area contributed by atoms with Crippen LogP contribution < -0.4 is 11.1 Å². The maximum Gasteiger partial charge on any atom is 0.240 e. The molecule has 2 saturated carbocycles. The Kier molecular flexibility index (Phi) is 4.66. The second kappa shape index (κ2) is 5.86. The van der Waals surface area contributed by atoms with Crippen LogP contribution in [-0.2, 0) is 9.53 Å². The standard InChI is InChI=1S/C16H30N2O3/c1-4-21-12-10-16(17,14(12,2)3)13(19)18-11-15(20)8-6-5-7-9-15/h12,20H,4-11,17H2,1-3H3,(H,18,19). The first-order valence-corrected chi connectivity index (χ1v) is 8.16. The molecule has 0 aromatic heterocycles. The van der Waals surface area contributed by atoms with E-state index in [1.54, 1.807) is 0 Å². The van der Waals surface area contributed by atoms with Crippen LogP contribution in [0.2, 0.25) is 0 Å². The number of amides is 1. The third kappa shape index (κ3) is 2.96. The fourth-order valence-corrected chi connectivity index (χ4v) is 3.61. The van der Waals surface area contributed by atoms with E-state index in [-0.39, 0.29) is 17.4 Å². The van der Waals surface area contributed by atoms with Crippen molar-refractivity contribution in [2.45, 2.75) is 76.5 Å². The quantitative estimate of drug-likeness (QED) is 0.715. The zero-order chi connectivity index (χ0) is 15.7. The topological polar surface area (TPSA) is 84.6 Å². The molecule has 5 heteroatoms. The monoisotopic (exact) mass is 298 g/mol. The Hall–Kier alpha value is -0.650. The number of nitrogens with two attached hydrogens (primary N) is 1. The van der Waals surface area contributed by atoms with E-state index in [2.05, 4.69) is 5.32 Å². The first kappa shape index (κ1) is 16.7. The Labute approximate surface area is 127 Å². The zero-order valence-electron chi connectivity index (χ0n) is 13.6. The second-order valence-electron chi connectivity index (χ2n) is 7.31. The predicted molar refractivity (Wildman–Crippen MR) is 81.8 cm³/mol. The van der Waals surface area contributed by atoms with Gasteiger partial charge in [-0.2, -0.15) is 0 Å². The molecular formula is C16H30N2O3. The fourth-order valence-electron chi connectivity index (χ4n) is 3.61. The molecule has 2 atom stereocenters. The molecule has 2 fully saturated rings. The molecule has 2 unspecified atom stereocenters. The smallest absolute Gasteiger partial charge is 0.240 e. The minimum Gasteiger partial charge on any atom is -0.388 e. The Morgan fingerprint density at radius 1 is 1.33 bits per heavy atom. The van der Waals surface area contributed by atoms with Gasteiger partial charge in [0, 0.05) is 25.0 Å². The van der Waals surface area contributed by atoms with Crippen LogP contribution in [0.15, 0.2) is 0 Å². The molecule has 0 aromatic carbocycles. The molecule has 4 N–H and O–H groups in total. The summed E-state index contributed by atoms with van der Waals surface area (Å²) in [7, 11) is 0. The third-order valence-corrected chi connectivity index (χ3v) is 5.60. The van der Waals surface area contributed by atoms with Crippen molar-refractivity contribution in [3.63, 3.8) is 0 Å². The second-order valence-corrected chi connectivity index (χ2v) is 7.31.